The van der Waals surface area contributed by atoms with Crippen molar-refractivity contribution in [3.63, 3.8) is 0 Å². The SMILES string of the molecule is Cc1nc(CN2CCC(C(=O)NC3CCCNC3)CC2)cs1.Cl.Cl. The molecule has 0 aromatic carbocycles. The number of aryl methyl sites for hydroxylation is 1. The zero-order valence-electron chi connectivity index (χ0n) is 14.1. The summed E-state index contributed by atoms with van der Waals surface area (Å²) in [5, 5.41) is 9.85. The molecule has 0 aliphatic carbocycles. The van der Waals surface area contributed by atoms with Gasteiger partial charge in [0.15, 0.2) is 0 Å². The van der Waals surface area contributed by atoms with Crippen LogP contribution >= 0.6 is 36.2 Å². The Morgan fingerprint density at radius 3 is 2.71 bits per heavy atom. The molecule has 1 aromatic rings. The van der Waals surface area contributed by atoms with Crippen LogP contribution in [0, 0.1) is 12.8 Å². The number of aromatic nitrogens is 1. The van der Waals surface area contributed by atoms with Gasteiger partial charge in [-0.05, 0) is 52.2 Å². The third-order valence-corrected chi connectivity index (χ3v) is 5.48. The molecule has 1 unspecified atom stereocenters. The van der Waals surface area contributed by atoms with Crippen molar-refractivity contribution in [2.75, 3.05) is 26.2 Å². The number of nitrogens with one attached hydrogen (secondary N) is 2. The van der Waals surface area contributed by atoms with E-state index < -0.39 is 0 Å². The van der Waals surface area contributed by atoms with E-state index in [1.807, 2.05) is 6.92 Å². The fourth-order valence-corrected chi connectivity index (χ4v) is 3.96. The molecular formula is C16H28Cl2N4OS. The molecule has 2 fully saturated rings. The van der Waals surface area contributed by atoms with E-state index in [4.69, 9.17) is 0 Å². The van der Waals surface area contributed by atoms with Gasteiger partial charge >= 0.3 is 0 Å². The Labute approximate surface area is 160 Å². The highest BCUT2D eigenvalue weighted by Gasteiger charge is 2.27. The summed E-state index contributed by atoms with van der Waals surface area (Å²) < 4.78 is 0. The Morgan fingerprint density at radius 2 is 2.12 bits per heavy atom. The van der Waals surface area contributed by atoms with Crippen molar-refractivity contribution in [3.8, 4) is 0 Å². The highest BCUT2D eigenvalue weighted by atomic mass is 35.5. The predicted molar refractivity (Wildman–Crippen MR) is 103 cm³/mol. The number of halogens is 2. The Kier molecular flexibility index (Phi) is 9.52. The third kappa shape index (κ3) is 6.15. The van der Waals surface area contributed by atoms with Gasteiger partial charge in [0, 0.05) is 30.4 Å². The van der Waals surface area contributed by atoms with Crippen molar-refractivity contribution in [3.05, 3.63) is 16.1 Å². The molecule has 5 nitrogen and oxygen atoms in total. The van der Waals surface area contributed by atoms with Crippen LogP contribution in [0.1, 0.15) is 36.4 Å². The first kappa shape index (κ1) is 21.6. The topological polar surface area (TPSA) is 57.3 Å². The lowest BCUT2D eigenvalue weighted by atomic mass is 9.95. The van der Waals surface area contributed by atoms with Crippen LogP contribution in [0.2, 0.25) is 0 Å². The summed E-state index contributed by atoms with van der Waals surface area (Å²) >= 11 is 1.71. The lowest BCUT2D eigenvalue weighted by Crippen LogP contribution is -2.49. The van der Waals surface area contributed by atoms with Gasteiger partial charge in [0.2, 0.25) is 5.91 Å². The zero-order chi connectivity index (χ0) is 15.4. The Balaban J connectivity index is 0.00000144. The number of thiazole rings is 1. The summed E-state index contributed by atoms with van der Waals surface area (Å²) in [6.45, 7) is 6.97. The number of carbonyl (C=O) groups excluding carboxylic acids is 1. The number of hydrogen-bond donors (Lipinski definition) is 2. The number of amides is 1. The minimum Gasteiger partial charge on any atom is -0.352 e. The van der Waals surface area contributed by atoms with Gasteiger partial charge in [-0.2, -0.15) is 0 Å². The van der Waals surface area contributed by atoms with E-state index in [0.717, 1.165) is 63.4 Å². The van der Waals surface area contributed by atoms with Crippen LogP contribution < -0.4 is 10.6 Å². The number of nitrogens with zero attached hydrogens (tertiary/aromatic N) is 2. The van der Waals surface area contributed by atoms with Crippen molar-refractivity contribution in [1.82, 2.24) is 20.5 Å². The quantitative estimate of drug-likeness (QED) is 0.822. The average Bonchev–Trinajstić information content (AvgIpc) is 2.94. The van der Waals surface area contributed by atoms with E-state index in [-0.39, 0.29) is 36.6 Å². The molecule has 0 spiro atoms. The van der Waals surface area contributed by atoms with Crippen molar-refractivity contribution in [2.45, 2.75) is 45.2 Å². The van der Waals surface area contributed by atoms with Gasteiger partial charge in [-0.3, -0.25) is 9.69 Å². The highest BCUT2D eigenvalue weighted by molar-refractivity contribution is 7.09. The van der Waals surface area contributed by atoms with Gasteiger partial charge in [-0.1, -0.05) is 0 Å². The van der Waals surface area contributed by atoms with Gasteiger partial charge in [0.25, 0.3) is 0 Å². The Bertz CT molecular complexity index is 500. The molecule has 8 heteroatoms. The van der Waals surface area contributed by atoms with Crippen molar-refractivity contribution < 1.29 is 4.79 Å². The summed E-state index contributed by atoms with van der Waals surface area (Å²) in [4.78, 5) is 19.3. The molecular weight excluding hydrogens is 367 g/mol. The summed E-state index contributed by atoms with van der Waals surface area (Å²) in [6, 6.07) is 0.331. The molecule has 2 N–H and O–H groups in total. The van der Waals surface area contributed by atoms with Crippen molar-refractivity contribution in [2.24, 2.45) is 5.92 Å². The molecule has 3 rings (SSSR count). The lowest BCUT2D eigenvalue weighted by Gasteiger charge is -2.32. The molecule has 1 amide bonds. The summed E-state index contributed by atoms with van der Waals surface area (Å²) in [5.74, 6) is 0.452. The molecule has 138 valence electrons. The van der Waals surface area contributed by atoms with Crippen LogP contribution in [0.3, 0.4) is 0 Å². The smallest absolute Gasteiger partial charge is 0.223 e. The van der Waals surface area contributed by atoms with Crippen LogP contribution in [0.4, 0.5) is 0 Å². The minimum absolute atomic E-state index is 0. The number of piperidine rings is 2. The number of likely N-dealkylation sites (tertiary alicyclic amines) is 1. The summed E-state index contributed by atoms with van der Waals surface area (Å²) in [6.07, 6.45) is 4.21. The Hall–Kier alpha value is -0.400. The van der Waals surface area contributed by atoms with Gasteiger partial charge in [-0.15, -0.1) is 36.2 Å². The number of rotatable bonds is 4. The van der Waals surface area contributed by atoms with E-state index in [9.17, 15) is 4.79 Å². The van der Waals surface area contributed by atoms with Gasteiger partial charge in [0.1, 0.15) is 0 Å². The highest BCUT2D eigenvalue weighted by Crippen LogP contribution is 2.20. The van der Waals surface area contributed by atoms with Crippen LogP contribution in [0.15, 0.2) is 5.38 Å². The summed E-state index contributed by atoms with van der Waals surface area (Å²) in [5.41, 5.74) is 1.17. The molecule has 0 radical (unpaired) electrons. The predicted octanol–water partition coefficient (Wildman–Crippen LogP) is 2.38. The summed E-state index contributed by atoms with van der Waals surface area (Å²) in [7, 11) is 0. The fourth-order valence-electron chi connectivity index (χ4n) is 3.36. The molecule has 0 bridgehead atoms. The Morgan fingerprint density at radius 1 is 1.38 bits per heavy atom. The first-order valence-electron chi connectivity index (χ1n) is 8.35. The number of carbonyl (C=O) groups is 1. The van der Waals surface area contributed by atoms with Crippen LogP contribution in [-0.2, 0) is 11.3 Å². The normalized spacial score (nSPS) is 22.3. The first-order valence-corrected chi connectivity index (χ1v) is 9.23. The van der Waals surface area contributed by atoms with E-state index in [1.165, 1.54) is 5.69 Å². The largest absolute Gasteiger partial charge is 0.352 e. The maximum absolute atomic E-state index is 12.4. The fraction of sp³-hybridized carbons (Fsp3) is 0.750. The van der Waals surface area contributed by atoms with E-state index in [2.05, 4.69) is 25.9 Å². The first-order chi connectivity index (χ1) is 10.7. The molecule has 3 heterocycles. The molecule has 2 aliphatic heterocycles. The number of hydrogen-bond acceptors (Lipinski definition) is 5. The molecule has 0 saturated carbocycles. The van der Waals surface area contributed by atoms with Gasteiger partial charge in [0.05, 0.1) is 10.7 Å². The van der Waals surface area contributed by atoms with Crippen molar-refractivity contribution >= 4 is 42.1 Å². The maximum atomic E-state index is 12.4. The molecule has 1 atom stereocenters. The van der Waals surface area contributed by atoms with E-state index in [0.29, 0.717) is 6.04 Å². The zero-order valence-corrected chi connectivity index (χ0v) is 16.6. The van der Waals surface area contributed by atoms with Gasteiger partial charge < -0.3 is 10.6 Å². The second kappa shape index (κ2) is 10.6. The lowest BCUT2D eigenvalue weighted by molar-refractivity contribution is -0.127. The molecule has 2 aliphatic rings. The second-order valence-electron chi connectivity index (χ2n) is 6.46. The van der Waals surface area contributed by atoms with Crippen LogP contribution in [0.25, 0.3) is 0 Å². The van der Waals surface area contributed by atoms with Crippen LogP contribution in [0.5, 0.6) is 0 Å². The molecule has 1 aromatic heterocycles. The minimum atomic E-state index is 0. The molecule has 2 saturated heterocycles. The standard InChI is InChI=1S/C16H26N4OS.2ClH/c1-12-18-15(11-22-12)10-20-7-4-13(5-8-20)16(21)19-14-3-2-6-17-9-14;;/h11,13-14,17H,2-10H2,1H3,(H,19,21);2*1H. The van der Waals surface area contributed by atoms with Crippen molar-refractivity contribution in [1.29, 1.82) is 0 Å². The van der Waals surface area contributed by atoms with E-state index >= 15 is 0 Å². The van der Waals surface area contributed by atoms with E-state index in [1.54, 1.807) is 11.3 Å². The molecule has 24 heavy (non-hydrogen) atoms. The maximum Gasteiger partial charge on any atom is 0.223 e. The average molecular weight is 395 g/mol. The third-order valence-electron chi connectivity index (χ3n) is 4.65. The monoisotopic (exact) mass is 394 g/mol. The van der Waals surface area contributed by atoms with Gasteiger partial charge in [-0.25, -0.2) is 4.98 Å². The van der Waals surface area contributed by atoms with Crippen LogP contribution in [-0.4, -0.2) is 48.0 Å². The second-order valence-corrected chi connectivity index (χ2v) is 7.52.